The van der Waals surface area contributed by atoms with Gasteiger partial charge in [0, 0.05) is 7.11 Å². The van der Waals surface area contributed by atoms with Crippen LogP contribution in [0.5, 0.6) is 0 Å². The van der Waals surface area contributed by atoms with Crippen LogP contribution in [0.3, 0.4) is 0 Å². The molecule has 22 heavy (non-hydrogen) atoms. The molecule has 0 saturated heterocycles. The number of nitrogens with zero attached hydrogens (tertiary/aromatic N) is 2. The SMILES string of the molecule is COCCN(C(=O)c1ccc(Br)o1)c1nc2ccccc2s1. The number of halogens is 1. The molecule has 0 radical (unpaired) electrons. The number of fused-ring (bicyclic) bond motifs is 1. The Morgan fingerprint density at radius 2 is 2.18 bits per heavy atom. The number of aromatic nitrogens is 1. The molecule has 0 unspecified atom stereocenters. The van der Waals surface area contributed by atoms with Crippen LogP contribution in [-0.2, 0) is 4.74 Å². The fourth-order valence-electron chi connectivity index (χ4n) is 2.00. The van der Waals surface area contributed by atoms with Gasteiger partial charge >= 0.3 is 0 Å². The summed E-state index contributed by atoms with van der Waals surface area (Å²) in [6.07, 6.45) is 0. The van der Waals surface area contributed by atoms with Gasteiger partial charge in [0.1, 0.15) is 0 Å². The van der Waals surface area contributed by atoms with Crippen molar-refractivity contribution < 1.29 is 13.9 Å². The van der Waals surface area contributed by atoms with Gasteiger partial charge in [-0.25, -0.2) is 4.98 Å². The summed E-state index contributed by atoms with van der Waals surface area (Å²) in [7, 11) is 1.60. The summed E-state index contributed by atoms with van der Waals surface area (Å²) >= 11 is 4.68. The number of benzene rings is 1. The number of ether oxygens (including phenoxy) is 1. The molecule has 3 aromatic rings. The number of hydrogen-bond donors (Lipinski definition) is 0. The smallest absolute Gasteiger partial charge is 0.295 e. The van der Waals surface area contributed by atoms with Crippen LogP contribution in [0, 0.1) is 0 Å². The molecule has 3 rings (SSSR count). The first kappa shape index (κ1) is 15.2. The molecule has 0 saturated carbocycles. The van der Waals surface area contributed by atoms with E-state index in [1.165, 1.54) is 11.3 Å². The monoisotopic (exact) mass is 380 g/mol. The van der Waals surface area contributed by atoms with Crippen molar-refractivity contribution in [3.8, 4) is 0 Å². The van der Waals surface area contributed by atoms with E-state index < -0.39 is 0 Å². The molecular formula is C15H13BrN2O3S. The Balaban J connectivity index is 1.96. The number of para-hydroxylation sites is 1. The van der Waals surface area contributed by atoms with Crippen LogP contribution < -0.4 is 4.90 Å². The number of anilines is 1. The number of thiazole rings is 1. The van der Waals surface area contributed by atoms with E-state index in [4.69, 9.17) is 9.15 Å². The number of carbonyl (C=O) groups is 1. The molecule has 0 spiro atoms. The summed E-state index contributed by atoms with van der Waals surface area (Å²) in [5, 5.41) is 0.635. The number of amides is 1. The van der Waals surface area contributed by atoms with Gasteiger partial charge < -0.3 is 9.15 Å². The van der Waals surface area contributed by atoms with E-state index in [-0.39, 0.29) is 11.7 Å². The van der Waals surface area contributed by atoms with Crippen LogP contribution >= 0.6 is 27.3 Å². The number of rotatable bonds is 5. The molecule has 5 nitrogen and oxygen atoms in total. The molecule has 114 valence electrons. The maximum absolute atomic E-state index is 12.7. The van der Waals surface area contributed by atoms with Crippen LogP contribution in [0.4, 0.5) is 5.13 Å². The van der Waals surface area contributed by atoms with Crippen LogP contribution in [0.1, 0.15) is 10.6 Å². The minimum Gasteiger partial charge on any atom is -0.444 e. The van der Waals surface area contributed by atoms with Gasteiger partial charge in [0.2, 0.25) is 0 Å². The second kappa shape index (κ2) is 6.60. The van der Waals surface area contributed by atoms with Crippen molar-refractivity contribution in [3.05, 3.63) is 46.8 Å². The second-order valence-electron chi connectivity index (χ2n) is 4.52. The predicted molar refractivity (Wildman–Crippen MR) is 89.6 cm³/mol. The Labute approximate surface area is 139 Å². The predicted octanol–water partition coefficient (Wildman–Crippen LogP) is 3.95. The molecule has 7 heteroatoms. The standard InChI is InChI=1S/C15H13BrN2O3S/c1-20-9-8-18(14(19)11-6-7-13(16)21-11)15-17-10-4-2-3-5-12(10)22-15/h2-7H,8-9H2,1H3. The first-order chi connectivity index (χ1) is 10.7. The fraction of sp³-hybridized carbons (Fsp3) is 0.200. The first-order valence-electron chi connectivity index (χ1n) is 6.61. The average molecular weight is 381 g/mol. The lowest BCUT2D eigenvalue weighted by Crippen LogP contribution is -2.33. The van der Waals surface area contributed by atoms with E-state index >= 15 is 0 Å². The van der Waals surface area contributed by atoms with Gasteiger partial charge in [-0.05, 0) is 40.2 Å². The summed E-state index contributed by atoms with van der Waals surface area (Å²) in [5.74, 6) is 0.0315. The average Bonchev–Trinajstić information content (AvgIpc) is 3.13. The van der Waals surface area contributed by atoms with Crippen LogP contribution in [0.15, 0.2) is 45.5 Å². The molecule has 0 aliphatic rings. The number of carbonyl (C=O) groups excluding carboxylic acids is 1. The highest BCUT2D eigenvalue weighted by atomic mass is 79.9. The Bertz CT molecular complexity index is 766. The van der Waals surface area contributed by atoms with Gasteiger partial charge in [-0.15, -0.1) is 0 Å². The molecule has 0 aliphatic heterocycles. The lowest BCUT2D eigenvalue weighted by Gasteiger charge is -2.17. The van der Waals surface area contributed by atoms with Gasteiger partial charge in [-0.2, -0.15) is 0 Å². The number of hydrogen-bond acceptors (Lipinski definition) is 5. The Morgan fingerprint density at radius 3 is 2.86 bits per heavy atom. The van der Waals surface area contributed by atoms with Gasteiger partial charge in [-0.1, -0.05) is 23.5 Å². The van der Waals surface area contributed by atoms with E-state index in [2.05, 4.69) is 20.9 Å². The lowest BCUT2D eigenvalue weighted by molar-refractivity contribution is 0.0948. The summed E-state index contributed by atoms with van der Waals surface area (Å²) < 4.78 is 12.0. The highest BCUT2D eigenvalue weighted by molar-refractivity contribution is 9.10. The highest BCUT2D eigenvalue weighted by Crippen LogP contribution is 2.30. The molecule has 0 atom stereocenters. The summed E-state index contributed by atoms with van der Waals surface area (Å²) in [5.41, 5.74) is 0.873. The van der Waals surface area contributed by atoms with Crippen molar-refractivity contribution in [2.45, 2.75) is 0 Å². The van der Waals surface area contributed by atoms with E-state index in [1.807, 2.05) is 24.3 Å². The van der Waals surface area contributed by atoms with Crippen molar-refractivity contribution in [1.82, 2.24) is 4.98 Å². The number of methoxy groups -OCH3 is 1. The van der Waals surface area contributed by atoms with Gasteiger partial charge in [0.15, 0.2) is 15.6 Å². The Morgan fingerprint density at radius 1 is 1.36 bits per heavy atom. The maximum Gasteiger partial charge on any atom is 0.295 e. The van der Waals surface area contributed by atoms with Crippen molar-refractivity contribution in [3.63, 3.8) is 0 Å². The summed E-state index contributed by atoms with van der Waals surface area (Å²) in [4.78, 5) is 18.8. The van der Waals surface area contributed by atoms with Crippen molar-refractivity contribution in [1.29, 1.82) is 0 Å². The molecule has 0 N–H and O–H groups in total. The Kier molecular flexibility index (Phi) is 4.56. The lowest BCUT2D eigenvalue weighted by atomic mass is 10.3. The van der Waals surface area contributed by atoms with Crippen molar-refractivity contribution in [2.75, 3.05) is 25.2 Å². The van der Waals surface area contributed by atoms with Crippen molar-refractivity contribution >= 4 is 48.5 Å². The molecule has 2 aromatic heterocycles. The fourth-order valence-corrected chi connectivity index (χ4v) is 3.30. The second-order valence-corrected chi connectivity index (χ2v) is 6.31. The van der Waals surface area contributed by atoms with E-state index in [0.29, 0.717) is 23.0 Å². The normalized spacial score (nSPS) is 11.0. The van der Waals surface area contributed by atoms with E-state index in [0.717, 1.165) is 10.2 Å². The van der Waals surface area contributed by atoms with Gasteiger partial charge in [0.05, 0.1) is 23.4 Å². The number of furan rings is 1. The zero-order valence-corrected chi connectivity index (χ0v) is 14.2. The topological polar surface area (TPSA) is 55.6 Å². The summed E-state index contributed by atoms with van der Waals surface area (Å²) in [6.45, 7) is 0.830. The zero-order chi connectivity index (χ0) is 15.5. The summed E-state index contributed by atoms with van der Waals surface area (Å²) in [6, 6.07) is 11.1. The first-order valence-corrected chi connectivity index (χ1v) is 8.21. The minimum atomic E-state index is -0.234. The molecule has 1 amide bonds. The minimum absolute atomic E-state index is 0.234. The van der Waals surface area contributed by atoms with Crippen LogP contribution in [0.25, 0.3) is 10.2 Å². The third-order valence-electron chi connectivity index (χ3n) is 3.06. The molecule has 0 aliphatic carbocycles. The van der Waals surface area contributed by atoms with Crippen molar-refractivity contribution in [2.24, 2.45) is 0 Å². The molecular weight excluding hydrogens is 368 g/mol. The molecule has 0 fully saturated rings. The van der Waals surface area contributed by atoms with E-state index in [1.54, 1.807) is 24.1 Å². The van der Waals surface area contributed by atoms with Gasteiger partial charge in [-0.3, -0.25) is 9.69 Å². The zero-order valence-electron chi connectivity index (χ0n) is 11.8. The van der Waals surface area contributed by atoms with Crippen LogP contribution in [0.2, 0.25) is 0 Å². The molecule has 0 bridgehead atoms. The quantitative estimate of drug-likeness (QED) is 0.672. The third-order valence-corrected chi connectivity index (χ3v) is 4.55. The van der Waals surface area contributed by atoms with E-state index in [9.17, 15) is 4.79 Å². The largest absolute Gasteiger partial charge is 0.444 e. The highest BCUT2D eigenvalue weighted by Gasteiger charge is 2.23. The third kappa shape index (κ3) is 3.06. The Hall–Kier alpha value is -1.70. The van der Waals surface area contributed by atoms with Gasteiger partial charge in [0.25, 0.3) is 5.91 Å². The maximum atomic E-state index is 12.7. The molecule has 2 heterocycles. The molecule has 1 aromatic carbocycles. The van der Waals surface area contributed by atoms with Crippen LogP contribution in [-0.4, -0.2) is 31.2 Å².